The number of nitrogens with zero attached hydrogens (tertiary/aromatic N) is 4. The third kappa shape index (κ3) is 2.97. The zero-order valence-corrected chi connectivity index (χ0v) is 13.4. The molecule has 1 amide bonds. The first-order valence-corrected chi connectivity index (χ1v) is 8.06. The molecular formula is C17H17N5O3. The van der Waals surface area contributed by atoms with Gasteiger partial charge < -0.3 is 15.2 Å². The largest absolute Gasteiger partial charge is 0.394 e. The fourth-order valence-electron chi connectivity index (χ4n) is 2.95. The molecule has 4 rings (SSSR count). The monoisotopic (exact) mass is 339 g/mol. The molecular weight excluding hydrogens is 322 g/mol. The Labute approximate surface area is 143 Å². The van der Waals surface area contributed by atoms with Gasteiger partial charge in [0.15, 0.2) is 17.0 Å². The second-order valence-electron chi connectivity index (χ2n) is 5.84. The third-order valence-corrected chi connectivity index (χ3v) is 4.23. The van der Waals surface area contributed by atoms with Crippen LogP contribution in [-0.4, -0.2) is 43.2 Å². The van der Waals surface area contributed by atoms with Crippen LogP contribution < -0.4 is 5.32 Å². The van der Waals surface area contributed by atoms with Crippen molar-refractivity contribution in [3.63, 3.8) is 0 Å². The number of fused-ring (bicyclic) bond motifs is 1. The number of rotatable bonds is 4. The lowest BCUT2D eigenvalue weighted by molar-refractivity contribution is -0.0207. The van der Waals surface area contributed by atoms with Crippen LogP contribution in [0.3, 0.4) is 0 Å². The maximum Gasteiger partial charge on any atom is 0.256 e. The van der Waals surface area contributed by atoms with Gasteiger partial charge in [0.1, 0.15) is 12.6 Å². The van der Waals surface area contributed by atoms with Gasteiger partial charge in [-0.15, -0.1) is 0 Å². The van der Waals surface area contributed by atoms with E-state index in [2.05, 4.69) is 20.3 Å². The summed E-state index contributed by atoms with van der Waals surface area (Å²) in [4.78, 5) is 25.1. The molecule has 2 unspecified atom stereocenters. The molecule has 1 aliphatic heterocycles. The predicted octanol–water partition coefficient (Wildman–Crippen LogP) is 1.75. The van der Waals surface area contributed by atoms with Crippen molar-refractivity contribution in [3.05, 3.63) is 48.5 Å². The first-order valence-electron chi connectivity index (χ1n) is 8.06. The minimum atomic E-state index is -0.257. The maximum atomic E-state index is 12.3. The number of ether oxygens (including phenoxy) is 1. The molecule has 0 bridgehead atoms. The van der Waals surface area contributed by atoms with E-state index in [9.17, 15) is 9.90 Å². The molecule has 1 aromatic carbocycles. The lowest BCUT2D eigenvalue weighted by Gasteiger charge is -2.13. The molecule has 1 fully saturated rings. The van der Waals surface area contributed by atoms with Crippen molar-refractivity contribution in [2.75, 3.05) is 11.9 Å². The molecule has 3 aromatic rings. The standard InChI is InChI=1S/C17H17N5O3/c23-8-12-6-7-13(25-12)22-10-20-14-15(18-9-19-16(14)22)21-17(24)11-4-2-1-3-5-11/h1-5,9-10,12-13,23H,6-8H2,(H,18,19,21,24). The molecule has 8 heteroatoms. The molecule has 25 heavy (non-hydrogen) atoms. The van der Waals surface area contributed by atoms with E-state index < -0.39 is 0 Å². The zero-order chi connectivity index (χ0) is 17.2. The van der Waals surface area contributed by atoms with Crippen molar-refractivity contribution in [1.29, 1.82) is 0 Å². The van der Waals surface area contributed by atoms with E-state index in [1.807, 2.05) is 10.6 Å². The number of benzene rings is 1. The SMILES string of the molecule is O=C(Nc1ncnc2c1ncn2C1CCC(CO)O1)c1ccccc1. The zero-order valence-electron chi connectivity index (χ0n) is 13.4. The van der Waals surface area contributed by atoms with Gasteiger partial charge in [-0.3, -0.25) is 9.36 Å². The molecule has 2 aromatic heterocycles. The second kappa shape index (κ2) is 6.58. The molecule has 1 saturated heterocycles. The maximum absolute atomic E-state index is 12.3. The summed E-state index contributed by atoms with van der Waals surface area (Å²) in [6.07, 6.45) is 4.17. The number of hydrogen-bond acceptors (Lipinski definition) is 6. The van der Waals surface area contributed by atoms with E-state index in [-0.39, 0.29) is 24.8 Å². The van der Waals surface area contributed by atoms with Gasteiger partial charge in [0.25, 0.3) is 5.91 Å². The third-order valence-electron chi connectivity index (χ3n) is 4.23. The van der Waals surface area contributed by atoms with Crippen molar-refractivity contribution in [2.45, 2.75) is 25.2 Å². The quantitative estimate of drug-likeness (QED) is 0.751. The Kier molecular flexibility index (Phi) is 4.12. The normalized spacial score (nSPS) is 20.0. The van der Waals surface area contributed by atoms with Crippen molar-refractivity contribution in [3.8, 4) is 0 Å². The van der Waals surface area contributed by atoms with Crippen LogP contribution in [0.1, 0.15) is 29.4 Å². The molecule has 0 saturated carbocycles. The highest BCUT2D eigenvalue weighted by Gasteiger charge is 2.28. The number of anilines is 1. The lowest BCUT2D eigenvalue weighted by atomic mass is 10.2. The number of imidazole rings is 1. The Bertz CT molecular complexity index is 896. The number of aliphatic hydroxyl groups excluding tert-OH is 1. The van der Waals surface area contributed by atoms with Gasteiger partial charge >= 0.3 is 0 Å². The Hall–Kier alpha value is -2.84. The molecule has 1 aliphatic rings. The molecule has 0 radical (unpaired) electrons. The predicted molar refractivity (Wildman–Crippen MR) is 89.9 cm³/mol. The van der Waals surface area contributed by atoms with Gasteiger partial charge in [0.05, 0.1) is 19.0 Å². The highest BCUT2D eigenvalue weighted by Crippen LogP contribution is 2.31. The van der Waals surface area contributed by atoms with E-state index >= 15 is 0 Å². The number of amides is 1. The number of aromatic nitrogens is 4. The van der Waals surface area contributed by atoms with Crippen LogP contribution in [0.15, 0.2) is 43.0 Å². The Morgan fingerprint density at radius 3 is 2.84 bits per heavy atom. The first-order chi connectivity index (χ1) is 12.3. The molecule has 8 nitrogen and oxygen atoms in total. The van der Waals surface area contributed by atoms with E-state index in [4.69, 9.17) is 4.74 Å². The van der Waals surface area contributed by atoms with Gasteiger partial charge in [-0.2, -0.15) is 0 Å². The summed E-state index contributed by atoms with van der Waals surface area (Å²) in [5.41, 5.74) is 1.63. The van der Waals surface area contributed by atoms with Crippen LogP contribution in [-0.2, 0) is 4.74 Å². The summed E-state index contributed by atoms with van der Waals surface area (Å²) < 4.78 is 7.59. The number of hydrogen-bond donors (Lipinski definition) is 2. The Morgan fingerprint density at radius 1 is 1.24 bits per heavy atom. The summed E-state index contributed by atoms with van der Waals surface area (Å²) >= 11 is 0. The van der Waals surface area contributed by atoms with Crippen LogP contribution in [0.4, 0.5) is 5.82 Å². The first kappa shape index (κ1) is 15.7. The van der Waals surface area contributed by atoms with Crippen molar-refractivity contribution in [1.82, 2.24) is 19.5 Å². The van der Waals surface area contributed by atoms with E-state index in [0.29, 0.717) is 22.5 Å². The number of carbonyl (C=O) groups excluding carboxylic acids is 1. The fraction of sp³-hybridized carbons (Fsp3) is 0.294. The van der Waals surface area contributed by atoms with Crippen molar-refractivity contribution in [2.24, 2.45) is 0 Å². The van der Waals surface area contributed by atoms with E-state index in [0.717, 1.165) is 12.8 Å². The summed E-state index contributed by atoms with van der Waals surface area (Å²) in [5, 5.41) is 12.0. The molecule has 3 heterocycles. The average molecular weight is 339 g/mol. The highest BCUT2D eigenvalue weighted by molar-refractivity contribution is 6.06. The summed E-state index contributed by atoms with van der Waals surface area (Å²) in [6, 6.07) is 8.91. The number of carbonyl (C=O) groups is 1. The smallest absolute Gasteiger partial charge is 0.256 e. The summed E-state index contributed by atoms with van der Waals surface area (Å²) in [6.45, 7) is -0.00348. The molecule has 2 atom stereocenters. The minimum absolute atomic E-state index is 0.00348. The van der Waals surface area contributed by atoms with Crippen molar-refractivity contribution < 1.29 is 14.6 Å². The Morgan fingerprint density at radius 2 is 2.08 bits per heavy atom. The van der Waals surface area contributed by atoms with Gasteiger partial charge in [0, 0.05) is 5.56 Å². The average Bonchev–Trinajstić information content (AvgIpc) is 3.29. The van der Waals surface area contributed by atoms with Gasteiger partial charge in [0.2, 0.25) is 0 Å². The van der Waals surface area contributed by atoms with Crippen molar-refractivity contribution >= 4 is 22.9 Å². The van der Waals surface area contributed by atoms with Crippen LogP contribution >= 0.6 is 0 Å². The molecule has 0 aliphatic carbocycles. The summed E-state index contributed by atoms with van der Waals surface area (Å²) in [5.74, 6) is 0.0990. The van der Waals surface area contributed by atoms with Crippen LogP contribution in [0.2, 0.25) is 0 Å². The Balaban J connectivity index is 1.62. The van der Waals surface area contributed by atoms with Crippen LogP contribution in [0, 0.1) is 0 Å². The van der Waals surface area contributed by atoms with Gasteiger partial charge in [-0.05, 0) is 25.0 Å². The minimum Gasteiger partial charge on any atom is -0.394 e. The highest BCUT2D eigenvalue weighted by atomic mass is 16.5. The molecule has 2 N–H and O–H groups in total. The fourth-order valence-corrected chi connectivity index (χ4v) is 2.95. The lowest BCUT2D eigenvalue weighted by Crippen LogP contribution is -2.15. The molecule has 0 spiro atoms. The van der Waals surface area contributed by atoms with Gasteiger partial charge in [-0.1, -0.05) is 18.2 Å². The van der Waals surface area contributed by atoms with E-state index in [1.54, 1.807) is 30.6 Å². The number of nitrogens with one attached hydrogen (secondary N) is 1. The van der Waals surface area contributed by atoms with Crippen LogP contribution in [0.5, 0.6) is 0 Å². The topological polar surface area (TPSA) is 102 Å². The van der Waals surface area contributed by atoms with Crippen LogP contribution in [0.25, 0.3) is 11.2 Å². The second-order valence-corrected chi connectivity index (χ2v) is 5.84. The molecule has 128 valence electrons. The number of aliphatic hydroxyl groups is 1. The summed E-state index contributed by atoms with van der Waals surface area (Å²) in [7, 11) is 0. The van der Waals surface area contributed by atoms with Gasteiger partial charge in [-0.25, -0.2) is 15.0 Å². The van der Waals surface area contributed by atoms with E-state index in [1.165, 1.54) is 6.33 Å².